The molecular weight excluding hydrogens is 374 g/mol. The van der Waals surface area contributed by atoms with Gasteiger partial charge in [-0.05, 0) is 43.4 Å². The minimum atomic E-state index is -0.733. The second-order valence-electron chi connectivity index (χ2n) is 7.18. The van der Waals surface area contributed by atoms with Crippen LogP contribution in [0.5, 0.6) is 17.2 Å². The predicted molar refractivity (Wildman–Crippen MR) is 106 cm³/mol. The molecule has 2 heterocycles. The smallest absolute Gasteiger partial charge is 0.313 e. The van der Waals surface area contributed by atoms with Gasteiger partial charge in [0.25, 0.3) is 0 Å². The standard InChI is InChI=1S/C21H23N3O5/c1-24(2)16(13-3-5-17-14(9-13)7-8-27-17)11-22-20(25)21(26)23-15-4-6-18-19(10-15)29-12-28-18/h3-6,9-10,16H,7-8,11-12H2,1-2H3,(H,22,25)(H,23,26). The largest absolute Gasteiger partial charge is 0.493 e. The lowest BCUT2D eigenvalue weighted by atomic mass is 10.0. The Morgan fingerprint density at radius 3 is 2.62 bits per heavy atom. The first-order chi connectivity index (χ1) is 14.0. The van der Waals surface area contributed by atoms with Gasteiger partial charge in [-0.2, -0.15) is 0 Å². The van der Waals surface area contributed by atoms with Crippen molar-refractivity contribution in [2.24, 2.45) is 0 Å². The molecule has 1 unspecified atom stereocenters. The van der Waals surface area contributed by atoms with E-state index in [4.69, 9.17) is 14.2 Å². The number of hydrogen-bond acceptors (Lipinski definition) is 6. The molecular formula is C21H23N3O5. The normalized spacial score (nSPS) is 14.9. The van der Waals surface area contributed by atoms with E-state index in [9.17, 15) is 9.59 Å². The van der Waals surface area contributed by atoms with Crippen LogP contribution in [-0.4, -0.2) is 50.8 Å². The number of amides is 2. The van der Waals surface area contributed by atoms with Gasteiger partial charge in [-0.15, -0.1) is 0 Å². The number of rotatable bonds is 5. The second-order valence-corrected chi connectivity index (χ2v) is 7.18. The van der Waals surface area contributed by atoms with Gasteiger partial charge in [0.15, 0.2) is 11.5 Å². The highest BCUT2D eigenvalue weighted by molar-refractivity contribution is 6.39. The average molecular weight is 397 g/mol. The summed E-state index contributed by atoms with van der Waals surface area (Å²) in [4.78, 5) is 26.6. The fraction of sp³-hybridized carbons (Fsp3) is 0.333. The number of nitrogens with zero attached hydrogens (tertiary/aromatic N) is 1. The van der Waals surface area contributed by atoms with E-state index < -0.39 is 11.8 Å². The predicted octanol–water partition coefficient (Wildman–Crippen LogP) is 1.71. The van der Waals surface area contributed by atoms with Gasteiger partial charge in [0, 0.05) is 24.7 Å². The number of hydrogen-bond donors (Lipinski definition) is 2. The summed E-state index contributed by atoms with van der Waals surface area (Å²) in [5, 5.41) is 5.30. The van der Waals surface area contributed by atoms with Crippen LogP contribution in [0.25, 0.3) is 0 Å². The molecule has 2 aliphatic rings. The fourth-order valence-corrected chi connectivity index (χ4v) is 3.44. The Balaban J connectivity index is 1.37. The van der Waals surface area contributed by atoms with E-state index in [1.165, 1.54) is 5.56 Å². The first kappa shape index (κ1) is 19.1. The fourth-order valence-electron chi connectivity index (χ4n) is 3.44. The van der Waals surface area contributed by atoms with Crippen molar-refractivity contribution in [3.05, 3.63) is 47.5 Å². The van der Waals surface area contributed by atoms with E-state index in [2.05, 4.69) is 16.7 Å². The van der Waals surface area contributed by atoms with Crippen LogP contribution < -0.4 is 24.8 Å². The Bertz CT molecular complexity index is 944. The number of carbonyl (C=O) groups is 2. The maximum atomic E-state index is 12.3. The maximum absolute atomic E-state index is 12.3. The third-order valence-corrected chi connectivity index (χ3v) is 5.01. The summed E-state index contributed by atoms with van der Waals surface area (Å²) in [6, 6.07) is 11.0. The molecule has 2 aromatic rings. The highest BCUT2D eigenvalue weighted by Crippen LogP contribution is 2.34. The summed E-state index contributed by atoms with van der Waals surface area (Å²) < 4.78 is 16.1. The molecule has 0 fully saturated rings. The molecule has 0 aliphatic carbocycles. The molecule has 8 nitrogen and oxygen atoms in total. The second kappa shape index (κ2) is 8.00. The Morgan fingerprint density at radius 1 is 1.00 bits per heavy atom. The van der Waals surface area contributed by atoms with Crippen LogP contribution in [0, 0.1) is 0 Å². The molecule has 2 aromatic carbocycles. The number of anilines is 1. The van der Waals surface area contributed by atoms with Crippen molar-refractivity contribution in [1.82, 2.24) is 10.2 Å². The maximum Gasteiger partial charge on any atom is 0.313 e. The minimum absolute atomic E-state index is 0.0665. The molecule has 1 atom stereocenters. The summed E-state index contributed by atoms with van der Waals surface area (Å²) in [6.45, 7) is 1.15. The van der Waals surface area contributed by atoms with Gasteiger partial charge in [0.1, 0.15) is 5.75 Å². The van der Waals surface area contributed by atoms with Gasteiger partial charge in [-0.3, -0.25) is 9.59 Å². The molecule has 2 aliphatic heterocycles. The number of ether oxygens (including phenoxy) is 3. The van der Waals surface area contributed by atoms with Gasteiger partial charge in [-0.1, -0.05) is 12.1 Å². The molecule has 152 valence electrons. The summed E-state index contributed by atoms with van der Waals surface area (Å²) in [5.41, 5.74) is 2.70. The highest BCUT2D eigenvalue weighted by Gasteiger charge is 2.22. The van der Waals surface area contributed by atoms with Crippen LogP contribution in [0.15, 0.2) is 36.4 Å². The van der Waals surface area contributed by atoms with Crippen molar-refractivity contribution in [3.63, 3.8) is 0 Å². The molecule has 2 amide bonds. The molecule has 0 saturated carbocycles. The molecule has 8 heteroatoms. The molecule has 0 aromatic heterocycles. The molecule has 0 spiro atoms. The molecule has 2 N–H and O–H groups in total. The van der Waals surface area contributed by atoms with Crippen LogP contribution in [-0.2, 0) is 16.0 Å². The first-order valence-corrected chi connectivity index (χ1v) is 9.42. The van der Waals surface area contributed by atoms with Gasteiger partial charge in [-0.25, -0.2) is 0 Å². The van der Waals surface area contributed by atoms with Crippen molar-refractivity contribution in [3.8, 4) is 17.2 Å². The summed E-state index contributed by atoms with van der Waals surface area (Å²) in [5.74, 6) is 0.638. The van der Waals surface area contributed by atoms with Crippen LogP contribution in [0.4, 0.5) is 5.69 Å². The zero-order valence-electron chi connectivity index (χ0n) is 16.4. The summed E-state index contributed by atoms with van der Waals surface area (Å²) >= 11 is 0. The zero-order chi connectivity index (χ0) is 20.4. The SMILES string of the molecule is CN(C)C(CNC(=O)C(=O)Nc1ccc2c(c1)OCO2)c1ccc2c(c1)CCO2. The lowest BCUT2D eigenvalue weighted by Crippen LogP contribution is -2.40. The lowest BCUT2D eigenvalue weighted by Gasteiger charge is -2.25. The average Bonchev–Trinajstić information content (AvgIpc) is 3.35. The minimum Gasteiger partial charge on any atom is -0.493 e. The van der Waals surface area contributed by atoms with E-state index >= 15 is 0 Å². The Morgan fingerprint density at radius 2 is 1.79 bits per heavy atom. The summed E-state index contributed by atoms with van der Waals surface area (Å²) in [7, 11) is 3.88. The van der Waals surface area contributed by atoms with Crippen molar-refractivity contribution >= 4 is 17.5 Å². The molecule has 0 saturated heterocycles. The number of nitrogens with one attached hydrogen (secondary N) is 2. The van der Waals surface area contributed by atoms with Crippen molar-refractivity contribution < 1.29 is 23.8 Å². The van der Waals surface area contributed by atoms with Crippen molar-refractivity contribution in [2.75, 3.05) is 39.4 Å². The number of fused-ring (bicyclic) bond motifs is 2. The Hall–Kier alpha value is -3.26. The van der Waals surface area contributed by atoms with Crippen LogP contribution in [0.2, 0.25) is 0 Å². The lowest BCUT2D eigenvalue weighted by molar-refractivity contribution is -0.136. The van der Waals surface area contributed by atoms with E-state index in [1.54, 1.807) is 18.2 Å². The van der Waals surface area contributed by atoms with Crippen molar-refractivity contribution in [2.45, 2.75) is 12.5 Å². The van der Waals surface area contributed by atoms with E-state index in [0.29, 0.717) is 30.3 Å². The van der Waals surface area contributed by atoms with Crippen LogP contribution in [0.1, 0.15) is 17.2 Å². The van der Waals surface area contributed by atoms with E-state index in [1.807, 2.05) is 31.1 Å². The Kier molecular flexibility index (Phi) is 5.26. The molecule has 4 rings (SSSR count). The molecule has 29 heavy (non-hydrogen) atoms. The van der Waals surface area contributed by atoms with E-state index in [0.717, 1.165) is 17.7 Å². The van der Waals surface area contributed by atoms with Gasteiger partial charge in [0.2, 0.25) is 6.79 Å². The van der Waals surface area contributed by atoms with Crippen molar-refractivity contribution in [1.29, 1.82) is 0 Å². The molecule has 0 bridgehead atoms. The topological polar surface area (TPSA) is 89.1 Å². The van der Waals surface area contributed by atoms with E-state index in [-0.39, 0.29) is 12.8 Å². The quantitative estimate of drug-likeness (QED) is 0.747. The number of benzene rings is 2. The highest BCUT2D eigenvalue weighted by atomic mass is 16.7. The molecule has 0 radical (unpaired) electrons. The Labute approximate surface area is 168 Å². The number of carbonyl (C=O) groups excluding carboxylic acids is 2. The van der Waals surface area contributed by atoms with Gasteiger partial charge >= 0.3 is 11.8 Å². The summed E-state index contributed by atoms with van der Waals surface area (Å²) in [6.07, 6.45) is 0.883. The van der Waals surface area contributed by atoms with Crippen LogP contribution in [0.3, 0.4) is 0 Å². The van der Waals surface area contributed by atoms with Gasteiger partial charge < -0.3 is 29.7 Å². The zero-order valence-corrected chi connectivity index (χ0v) is 16.4. The third-order valence-electron chi connectivity index (χ3n) is 5.01. The monoisotopic (exact) mass is 397 g/mol. The number of likely N-dealkylation sites (N-methyl/N-ethyl adjacent to an activating group) is 1. The third kappa shape index (κ3) is 4.12. The van der Waals surface area contributed by atoms with Crippen LogP contribution >= 0.6 is 0 Å². The first-order valence-electron chi connectivity index (χ1n) is 9.42. The van der Waals surface area contributed by atoms with Gasteiger partial charge in [0.05, 0.1) is 12.6 Å².